The highest BCUT2D eigenvalue weighted by atomic mass is 16.4. The summed E-state index contributed by atoms with van der Waals surface area (Å²) in [5.41, 5.74) is 0. The molecule has 1 fully saturated rings. The van der Waals surface area contributed by atoms with Gasteiger partial charge in [0.2, 0.25) is 5.91 Å². The average Bonchev–Trinajstić information content (AvgIpc) is 2.34. The Morgan fingerprint density at radius 2 is 1.95 bits per heavy atom. The molecular formula is C15H28N2O3. The third-order valence-electron chi connectivity index (χ3n) is 4.32. The number of carboxylic acids is 1. The normalized spacial score (nSPS) is 26.5. The molecule has 1 amide bonds. The van der Waals surface area contributed by atoms with Crippen molar-refractivity contribution in [2.75, 3.05) is 19.6 Å². The Kier molecular flexibility index (Phi) is 6.99. The van der Waals surface area contributed by atoms with Gasteiger partial charge in [-0.25, -0.2) is 0 Å². The van der Waals surface area contributed by atoms with E-state index in [2.05, 4.69) is 19.2 Å². The Labute approximate surface area is 121 Å². The summed E-state index contributed by atoms with van der Waals surface area (Å²) in [7, 11) is 0. The van der Waals surface area contributed by atoms with E-state index < -0.39 is 5.97 Å². The molecule has 0 heterocycles. The fourth-order valence-electron chi connectivity index (χ4n) is 2.96. The summed E-state index contributed by atoms with van der Waals surface area (Å²) in [6.07, 6.45) is 4.26. The first-order valence-electron chi connectivity index (χ1n) is 7.67. The van der Waals surface area contributed by atoms with Gasteiger partial charge in [-0.15, -0.1) is 0 Å². The van der Waals surface area contributed by atoms with E-state index in [1.54, 1.807) is 4.90 Å². The summed E-state index contributed by atoms with van der Waals surface area (Å²) in [5, 5.41) is 11.9. The van der Waals surface area contributed by atoms with Gasteiger partial charge in [0.15, 0.2) is 0 Å². The van der Waals surface area contributed by atoms with Crippen LogP contribution >= 0.6 is 0 Å². The van der Waals surface area contributed by atoms with Crippen molar-refractivity contribution in [2.45, 2.75) is 52.5 Å². The fourth-order valence-corrected chi connectivity index (χ4v) is 2.96. The molecule has 0 aromatic heterocycles. The second kappa shape index (κ2) is 8.25. The molecule has 0 spiro atoms. The number of hydrogen-bond donors (Lipinski definition) is 2. The van der Waals surface area contributed by atoms with Gasteiger partial charge in [-0.2, -0.15) is 0 Å². The Hall–Kier alpha value is -1.10. The van der Waals surface area contributed by atoms with Crippen LogP contribution in [0.3, 0.4) is 0 Å². The van der Waals surface area contributed by atoms with Crippen molar-refractivity contribution < 1.29 is 14.7 Å². The molecule has 116 valence electrons. The van der Waals surface area contributed by atoms with Gasteiger partial charge < -0.3 is 10.4 Å². The summed E-state index contributed by atoms with van der Waals surface area (Å²) in [6.45, 7) is 7.15. The molecule has 1 rings (SSSR count). The lowest BCUT2D eigenvalue weighted by Crippen LogP contribution is -2.48. The standard InChI is InChI=1S/C15H28N2O3/c1-4-8-17(10-15(19)20)9-14(18)16-13-7-5-6-11(2)12(13)3/h11-13H,4-10H2,1-3H3,(H,16,18)(H,19,20)/t11-,12+,13+/m0/s1. The lowest BCUT2D eigenvalue weighted by molar-refractivity contribution is -0.138. The number of amides is 1. The zero-order valence-corrected chi connectivity index (χ0v) is 12.9. The molecule has 2 N–H and O–H groups in total. The molecule has 0 bridgehead atoms. The second-order valence-electron chi connectivity index (χ2n) is 6.05. The first-order valence-corrected chi connectivity index (χ1v) is 7.67. The first kappa shape index (κ1) is 17.0. The minimum Gasteiger partial charge on any atom is -0.480 e. The van der Waals surface area contributed by atoms with Gasteiger partial charge in [0.25, 0.3) is 0 Å². The smallest absolute Gasteiger partial charge is 0.317 e. The fraction of sp³-hybridized carbons (Fsp3) is 0.867. The van der Waals surface area contributed by atoms with Crippen LogP contribution in [0.25, 0.3) is 0 Å². The SMILES string of the molecule is CCCN(CC(=O)O)CC(=O)N[C@@H]1CCC[C@H](C)[C@H]1C. The molecule has 0 aliphatic heterocycles. The van der Waals surface area contributed by atoms with Crippen molar-refractivity contribution in [3.8, 4) is 0 Å². The molecule has 1 aliphatic rings. The highest BCUT2D eigenvalue weighted by Crippen LogP contribution is 2.29. The van der Waals surface area contributed by atoms with E-state index in [1.807, 2.05) is 6.92 Å². The van der Waals surface area contributed by atoms with Gasteiger partial charge in [-0.05, 0) is 31.2 Å². The number of hydrogen-bond acceptors (Lipinski definition) is 3. The monoisotopic (exact) mass is 284 g/mol. The number of nitrogens with zero attached hydrogens (tertiary/aromatic N) is 1. The molecule has 5 heteroatoms. The molecule has 20 heavy (non-hydrogen) atoms. The van der Waals surface area contributed by atoms with Crippen LogP contribution in [0, 0.1) is 11.8 Å². The summed E-state index contributed by atoms with van der Waals surface area (Å²) in [6, 6.07) is 0.236. The summed E-state index contributed by atoms with van der Waals surface area (Å²) in [5.74, 6) is 0.197. The maximum absolute atomic E-state index is 12.1. The number of carboxylic acid groups (broad SMARTS) is 1. The average molecular weight is 284 g/mol. The highest BCUT2D eigenvalue weighted by molar-refractivity contribution is 5.79. The van der Waals surface area contributed by atoms with Crippen LogP contribution < -0.4 is 5.32 Å². The Morgan fingerprint density at radius 3 is 2.55 bits per heavy atom. The van der Waals surface area contributed by atoms with E-state index >= 15 is 0 Å². The van der Waals surface area contributed by atoms with Crippen molar-refractivity contribution in [2.24, 2.45) is 11.8 Å². The number of nitrogens with one attached hydrogen (secondary N) is 1. The zero-order chi connectivity index (χ0) is 15.1. The number of carbonyl (C=O) groups excluding carboxylic acids is 1. The third kappa shape index (κ3) is 5.49. The molecule has 0 unspecified atom stereocenters. The molecule has 1 aliphatic carbocycles. The van der Waals surface area contributed by atoms with Gasteiger partial charge in [-0.1, -0.05) is 33.6 Å². The second-order valence-corrected chi connectivity index (χ2v) is 6.05. The Morgan fingerprint density at radius 1 is 1.25 bits per heavy atom. The van der Waals surface area contributed by atoms with Crippen LogP contribution in [-0.2, 0) is 9.59 Å². The Balaban J connectivity index is 2.46. The van der Waals surface area contributed by atoms with Crippen LogP contribution in [0.2, 0.25) is 0 Å². The van der Waals surface area contributed by atoms with E-state index in [-0.39, 0.29) is 25.0 Å². The minimum absolute atomic E-state index is 0.0503. The molecule has 0 saturated heterocycles. The first-order chi connectivity index (χ1) is 9.43. The van der Waals surface area contributed by atoms with Crippen LogP contribution in [0.15, 0.2) is 0 Å². The van der Waals surface area contributed by atoms with E-state index in [4.69, 9.17) is 5.11 Å². The van der Waals surface area contributed by atoms with E-state index in [9.17, 15) is 9.59 Å². The predicted octanol–water partition coefficient (Wildman–Crippen LogP) is 1.72. The zero-order valence-electron chi connectivity index (χ0n) is 12.9. The summed E-state index contributed by atoms with van der Waals surface area (Å²) >= 11 is 0. The molecule has 0 aromatic rings. The van der Waals surface area contributed by atoms with Gasteiger partial charge in [-0.3, -0.25) is 14.5 Å². The maximum Gasteiger partial charge on any atom is 0.317 e. The highest BCUT2D eigenvalue weighted by Gasteiger charge is 2.28. The lowest BCUT2D eigenvalue weighted by Gasteiger charge is -2.35. The van der Waals surface area contributed by atoms with Gasteiger partial charge in [0.05, 0.1) is 13.1 Å². The van der Waals surface area contributed by atoms with Crippen LogP contribution in [0.4, 0.5) is 0 Å². The van der Waals surface area contributed by atoms with Crippen LogP contribution in [-0.4, -0.2) is 47.6 Å². The van der Waals surface area contributed by atoms with E-state index in [0.29, 0.717) is 18.4 Å². The van der Waals surface area contributed by atoms with Gasteiger partial charge in [0, 0.05) is 6.04 Å². The topological polar surface area (TPSA) is 69.6 Å². The van der Waals surface area contributed by atoms with E-state index in [0.717, 1.165) is 19.3 Å². The quantitative estimate of drug-likeness (QED) is 0.747. The van der Waals surface area contributed by atoms with Crippen molar-refractivity contribution in [3.05, 3.63) is 0 Å². The largest absolute Gasteiger partial charge is 0.480 e. The predicted molar refractivity (Wildman–Crippen MR) is 78.5 cm³/mol. The van der Waals surface area contributed by atoms with Crippen molar-refractivity contribution >= 4 is 11.9 Å². The molecular weight excluding hydrogens is 256 g/mol. The third-order valence-corrected chi connectivity index (χ3v) is 4.32. The van der Waals surface area contributed by atoms with Crippen LogP contribution in [0.1, 0.15) is 46.5 Å². The lowest BCUT2D eigenvalue weighted by atomic mass is 9.78. The maximum atomic E-state index is 12.1. The number of carbonyl (C=O) groups is 2. The van der Waals surface area contributed by atoms with Gasteiger partial charge in [0.1, 0.15) is 0 Å². The van der Waals surface area contributed by atoms with Gasteiger partial charge >= 0.3 is 5.97 Å². The number of rotatable bonds is 7. The Bertz CT molecular complexity index is 333. The van der Waals surface area contributed by atoms with Crippen molar-refractivity contribution in [3.63, 3.8) is 0 Å². The molecule has 0 radical (unpaired) electrons. The number of aliphatic carboxylic acids is 1. The summed E-state index contributed by atoms with van der Waals surface area (Å²) < 4.78 is 0. The van der Waals surface area contributed by atoms with Crippen molar-refractivity contribution in [1.29, 1.82) is 0 Å². The minimum atomic E-state index is -0.883. The summed E-state index contributed by atoms with van der Waals surface area (Å²) in [4.78, 5) is 24.6. The van der Waals surface area contributed by atoms with Crippen molar-refractivity contribution in [1.82, 2.24) is 10.2 Å². The van der Waals surface area contributed by atoms with E-state index in [1.165, 1.54) is 6.42 Å². The van der Waals surface area contributed by atoms with Crippen LogP contribution in [0.5, 0.6) is 0 Å². The molecule has 1 saturated carbocycles. The molecule has 5 nitrogen and oxygen atoms in total. The molecule has 3 atom stereocenters. The molecule has 0 aromatic carbocycles.